The second-order valence-electron chi connectivity index (χ2n) is 7.01. The van der Waals surface area contributed by atoms with Crippen LogP contribution < -0.4 is 4.90 Å². The van der Waals surface area contributed by atoms with Gasteiger partial charge in [-0.05, 0) is 49.2 Å². The molecule has 31 heavy (non-hydrogen) atoms. The quantitative estimate of drug-likeness (QED) is 0.484. The summed E-state index contributed by atoms with van der Waals surface area (Å²) < 4.78 is 18.8. The Morgan fingerprint density at radius 1 is 1.16 bits per heavy atom. The number of hydrogen-bond acceptors (Lipinski definition) is 6. The first-order valence-corrected chi connectivity index (χ1v) is 10.9. The van der Waals surface area contributed by atoms with Crippen LogP contribution in [0.5, 0.6) is 0 Å². The average Bonchev–Trinajstić information content (AvgIpc) is 3.35. The highest BCUT2D eigenvalue weighted by Crippen LogP contribution is 2.36. The molecule has 4 rings (SSSR count). The van der Waals surface area contributed by atoms with Crippen molar-refractivity contribution < 1.29 is 13.7 Å². The maximum atomic E-state index is 13.5. The van der Waals surface area contributed by atoms with Crippen LogP contribution in [0.25, 0.3) is 6.08 Å². The van der Waals surface area contributed by atoms with E-state index in [4.69, 9.17) is 4.52 Å². The van der Waals surface area contributed by atoms with Crippen molar-refractivity contribution >= 4 is 34.6 Å². The highest BCUT2D eigenvalue weighted by atomic mass is 32.2. The van der Waals surface area contributed by atoms with Crippen LogP contribution >= 0.6 is 11.8 Å². The average molecular weight is 437 g/mol. The van der Waals surface area contributed by atoms with Crippen LogP contribution in [0, 0.1) is 5.82 Å². The molecule has 1 aliphatic heterocycles. The lowest BCUT2D eigenvalue weighted by atomic mass is 10.2. The second-order valence-corrected chi connectivity index (χ2v) is 8.32. The van der Waals surface area contributed by atoms with Gasteiger partial charge < -0.3 is 4.52 Å². The van der Waals surface area contributed by atoms with Crippen LogP contribution in [0.3, 0.4) is 0 Å². The van der Waals surface area contributed by atoms with Gasteiger partial charge in [-0.15, -0.1) is 0 Å². The molecule has 0 saturated heterocycles. The van der Waals surface area contributed by atoms with Gasteiger partial charge in [0.25, 0.3) is 5.91 Å². The summed E-state index contributed by atoms with van der Waals surface area (Å²) in [7, 11) is 0. The number of carbonyl (C=O) groups excluding carboxylic acids is 1. The molecular weight excluding hydrogens is 415 g/mol. The lowest BCUT2D eigenvalue weighted by molar-refractivity contribution is -0.113. The lowest BCUT2D eigenvalue weighted by Gasteiger charge is -2.19. The molecule has 1 unspecified atom stereocenters. The van der Waals surface area contributed by atoms with Crippen LogP contribution in [0.2, 0.25) is 0 Å². The molecule has 0 aliphatic carbocycles. The van der Waals surface area contributed by atoms with E-state index >= 15 is 0 Å². The normalized spacial score (nSPS) is 16.1. The Hall–Kier alpha value is -3.26. The monoisotopic (exact) mass is 436 g/mol. The first kappa shape index (κ1) is 21.0. The Labute approximate surface area is 183 Å². The SMILES string of the molecule is CCCc1noc(C(C)SC2=N/C(=C\c3ccccc3)C(=O)N2c2ccc(F)cc2)n1. The fraction of sp³-hybridized carbons (Fsp3) is 0.217. The van der Waals surface area contributed by atoms with Gasteiger partial charge in [0.2, 0.25) is 5.89 Å². The van der Waals surface area contributed by atoms with Gasteiger partial charge in [-0.2, -0.15) is 4.98 Å². The number of benzene rings is 2. The number of aromatic nitrogens is 2. The molecule has 3 aromatic rings. The summed E-state index contributed by atoms with van der Waals surface area (Å²) in [6.45, 7) is 3.97. The van der Waals surface area contributed by atoms with Crippen molar-refractivity contribution in [2.75, 3.05) is 4.90 Å². The minimum Gasteiger partial charge on any atom is -0.338 e. The van der Waals surface area contributed by atoms with E-state index in [0.29, 0.717) is 28.3 Å². The van der Waals surface area contributed by atoms with Crippen LogP contribution in [-0.2, 0) is 11.2 Å². The summed E-state index contributed by atoms with van der Waals surface area (Å²) in [5.41, 5.74) is 1.72. The van der Waals surface area contributed by atoms with E-state index < -0.39 is 0 Å². The molecule has 1 amide bonds. The number of nitrogens with zero attached hydrogens (tertiary/aromatic N) is 4. The van der Waals surface area contributed by atoms with Crippen LogP contribution in [-0.4, -0.2) is 21.2 Å². The van der Waals surface area contributed by atoms with Gasteiger partial charge >= 0.3 is 0 Å². The van der Waals surface area contributed by atoms with Gasteiger partial charge in [0.1, 0.15) is 11.5 Å². The summed E-state index contributed by atoms with van der Waals surface area (Å²) in [5.74, 6) is 0.490. The van der Waals surface area contributed by atoms with Crippen molar-refractivity contribution in [2.45, 2.75) is 31.9 Å². The number of thioether (sulfide) groups is 1. The largest absolute Gasteiger partial charge is 0.338 e. The highest BCUT2D eigenvalue weighted by Gasteiger charge is 2.34. The molecule has 0 N–H and O–H groups in total. The van der Waals surface area contributed by atoms with Gasteiger partial charge in [-0.1, -0.05) is 54.2 Å². The minimum absolute atomic E-state index is 0.219. The highest BCUT2D eigenvalue weighted by molar-refractivity contribution is 8.14. The van der Waals surface area contributed by atoms with Crippen LogP contribution in [0.1, 0.15) is 42.8 Å². The van der Waals surface area contributed by atoms with E-state index in [-0.39, 0.29) is 17.0 Å². The molecule has 0 spiro atoms. The Bertz CT molecular complexity index is 1130. The third-order valence-electron chi connectivity index (χ3n) is 4.60. The van der Waals surface area contributed by atoms with Crippen molar-refractivity contribution in [2.24, 2.45) is 4.99 Å². The number of halogens is 1. The van der Waals surface area contributed by atoms with E-state index in [1.54, 1.807) is 18.2 Å². The minimum atomic E-state index is -0.371. The smallest absolute Gasteiger partial charge is 0.283 e. The lowest BCUT2D eigenvalue weighted by Crippen LogP contribution is -2.30. The molecular formula is C23H21FN4O2S. The molecule has 8 heteroatoms. The Kier molecular flexibility index (Phi) is 6.27. The molecule has 1 aromatic heterocycles. The Morgan fingerprint density at radius 3 is 2.61 bits per heavy atom. The van der Waals surface area contributed by atoms with Crippen LogP contribution in [0.4, 0.5) is 10.1 Å². The summed E-state index contributed by atoms with van der Waals surface area (Å²) in [4.78, 5) is 23.7. The standard InChI is InChI=1S/C23H21FN4O2S/c1-3-7-20-26-21(30-27-20)15(2)31-23-25-19(14-16-8-5-4-6-9-16)22(29)28(23)18-12-10-17(24)11-13-18/h4-6,8-15H,3,7H2,1-2H3/b19-14-. The van der Waals surface area contributed by atoms with Gasteiger partial charge in [0.15, 0.2) is 11.0 Å². The van der Waals surface area contributed by atoms with E-state index in [0.717, 1.165) is 18.4 Å². The summed E-state index contributed by atoms with van der Waals surface area (Å²) in [5, 5.41) is 4.26. The van der Waals surface area contributed by atoms with Gasteiger partial charge in [0, 0.05) is 6.42 Å². The molecule has 1 atom stereocenters. The zero-order valence-electron chi connectivity index (χ0n) is 17.2. The zero-order chi connectivity index (χ0) is 21.8. The predicted molar refractivity (Wildman–Crippen MR) is 120 cm³/mol. The summed E-state index contributed by atoms with van der Waals surface area (Å²) >= 11 is 1.34. The number of anilines is 1. The van der Waals surface area contributed by atoms with Crippen molar-refractivity contribution in [3.05, 3.63) is 83.4 Å². The second kappa shape index (κ2) is 9.26. The fourth-order valence-corrected chi connectivity index (χ4v) is 4.02. The zero-order valence-corrected chi connectivity index (χ0v) is 18.0. The van der Waals surface area contributed by atoms with Gasteiger partial charge in [0.05, 0.1) is 10.9 Å². The van der Waals surface area contributed by atoms with Gasteiger partial charge in [-0.25, -0.2) is 9.38 Å². The maximum Gasteiger partial charge on any atom is 0.283 e. The van der Waals surface area contributed by atoms with Crippen molar-refractivity contribution in [1.82, 2.24) is 10.1 Å². The van der Waals surface area contributed by atoms with E-state index in [2.05, 4.69) is 15.1 Å². The number of amides is 1. The molecule has 2 heterocycles. The van der Waals surface area contributed by atoms with E-state index in [9.17, 15) is 9.18 Å². The van der Waals surface area contributed by atoms with Gasteiger partial charge in [-0.3, -0.25) is 9.69 Å². The molecule has 158 valence electrons. The number of hydrogen-bond donors (Lipinski definition) is 0. The molecule has 6 nitrogen and oxygen atoms in total. The van der Waals surface area contributed by atoms with Crippen molar-refractivity contribution in [3.63, 3.8) is 0 Å². The topological polar surface area (TPSA) is 71.6 Å². The van der Waals surface area contributed by atoms with E-state index in [1.165, 1.54) is 28.8 Å². The molecule has 1 aliphatic rings. The third-order valence-corrected chi connectivity index (χ3v) is 5.64. The first-order chi connectivity index (χ1) is 15.0. The molecule has 0 radical (unpaired) electrons. The number of amidine groups is 1. The number of rotatable bonds is 6. The Morgan fingerprint density at radius 2 is 1.90 bits per heavy atom. The third kappa shape index (κ3) is 4.74. The molecule has 0 fully saturated rings. The summed E-state index contributed by atoms with van der Waals surface area (Å²) in [6, 6.07) is 15.3. The van der Waals surface area contributed by atoms with E-state index in [1.807, 2.05) is 44.2 Å². The number of carbonyl (C=O) groups is 1. The van der Waals surface area contributed by atoms with Crippen LogP contribution in [0.15, 0.2) is 69.8 Å². The van der Waals surface area contributed by atoms with Crippen molar-refractivity contribution in [1.29, 1.82) is 0 Å². The number of aryl methyl sites for hydroxylation is 1. The fourth-order valence-electron chi connectivity index (χ4n) is 3.07. The first-order valence-electron chi connectivity index (χ1n) is 9.99. The number of aliphatic imine (C=N–C) groups is 1. The molecule has 0 bridgehead atoms. The Balaban J connectivity index is 1.66. The maximum absolute atomic E-state index is 13.5. The predicted octanol–water partition coefficient (Wildman–Crippen LogP) is 5.40. The summed E-state index contributed by atoms with van der Waals surface area (Å²) in [6.07, 6.45) is 3.41. The molecule has 2 aromatic carbocycles. The van der Waals surface area contributed by atoms with Crippen molar-refractivity contribution in [3.8, 4) is 0 Å². The molecule has 0 saturated carbocycles.